The van der Waals surface area contributed by atoms with Crippen LogP contribution in [-0.4, -0.2) is 36.9 Å². The van der Waals surface area contributed by atoms with Crippen LogP contribution in [0.15, 0.2) is 18.2 Å². The van der Waals surface area contributed by atoms with E-state index in [1.807, 2.05) is 69.8 Å². The summed E-state index contributed by atoms with van der Waals surface area (Å²) < 4.78 is 0. The Morgan fingerprint density at radius 1 is 1.13 bits per heavy atom. The molecule has 1 aromatic carbocycles. The highest BCUT2D eigenvalue weighted by atomic mass is 16.2. The van der Waals surface area contributed by atoms with Crippen LogP contribution in [0, 0.1) is 5.92 Å². The summed E-state index contributed by atoms with van der Waals surface area (Å²) in [7, 11) is 3.94. The van der Waals surface area contributed by atoms with Crippen LogP contribution in [0.4, 0.5) is 11.4 Å². The van der Waals surface area contributed by atoms with E-state index in [1.54, 1.807) is 6.92 Å². The molecular formula is C18H29N3O2. The van der Waals surface area contributed by atoms with Crippen molar-refractivity contribution in [2.45, 2.75) is 47.2 Å². The van der Waals surface area contributed by atoms with Gasteiger partial charge < -0.3 is 15.1 Å². The minimum atomic E-state index is -0.0728. The van der Waals surface area contributed by atoms with E-state index in [2.05, 4.69) is 5.32 Å². The van der Waals surface area contributed by atoms with E-state index >= 15 is 0 Å². The SMILES string of the molecule is CC(=O)N(Cc1cc(NC(=O)C(C)C)ccc1N(C)C)C(C)C. The molecule has 0 atom stereocenters. The van der Waals surface area contributed by atoms with Gasteiger partial charge in [-0.1, -0.05) is 13.8 Å². The third-order valence-corrected chi connectivity index (χ3v) is 3.72. The van der Waals surface area contributed by atoms with Crippen LogP contribution < -0.4 is 10.2 Å². The van der Waals surface area contributed by atoms with Crippen LogP contribution in [-0.2, 0) is 16.1 Å². The molecule has 0 aromatic heterocycles. The summed E-state index contributed by atoms with van der Waals surface area (Å²) in [5, 5.41) is 2.92. The second kappa shape index (κ2) is 7.99. The average Bonchev–Trinajstić information content (AvgIpc) is 2.43. The molecule has 0 bridgehead atoms. The van der Waals surface area contributed by atoms with E-state index in [9.17, 15) is 9.59 Å². The van der Waals surface area contributed by atoms with Crippen LogP contribution in [0.3, 0.4) is 0 Å². The van der Waals surface area contributed by atoms with E-state index in [0.717, 1.165) is 16.9 Å². The zero-order valence-corrected chi connectivity index (χ0v) is 15.3. The molecule has 1 aromatic rings. The van der Waals surface area contributed by atoms with E-state index in [0.29, 0.717) is 6.54 Å². The van der Waals surface area contributed by atoms with Crippen molar-refractivity contribution in [3.8, 4) is 0 Å². The Morgan fingerprint density at radius 3 is 2.17 bits per heavy atom. The van der Waals surface area contributed by atoms with E-state index in [-0.39, 0.29) is 23.8 Å². The molecule has 1 N–H and O–H groups in total. The van der Waals surface area contributed by atoms with Gasteiger partial charge in [-0.25, -0.2) is 0 Å². The summed E-state index contributed by atoms with van der Waals surface area (Å²) in [6.07, 6.45) is 0. The van der Waals surface area contributed by atoms with Crippen molar-refractivity contribution in [2.75, 3.05) is 24.3 Å². The Morgan fingerprint density at radius 2 is 1.74 bits per heavy atom. The molecule has 0 saturated carbocycles. The Hall–Kier alpha value is -2.04. The number of anilines is 2. The van der Waals surface area contributed by atoms with Gasteiger partial charge in [0.2, 0.25) is 11.8 Å². The number of carbonyl (C=O) groups excluding carboxylic acids is 2. The highest BCUT2D eigenvalue weighted by molar-refractivity contribution is 5.92. The molecule has 0 heterocycles. The minimum absolute atomic E-state index is 0.0131. The van der Waals surface area contributed by atoms with Gasteiger partial charge in [0.25, 0.3) is 0 Å². The van der Waals surface area contributed by atoms with Crippen molar-refractivity contribution in [1.29, 1.82) is 0 Å². The molecule has 5 heteroatoms. The smallest absolute Gasteiger partial charge is 0.226 e. The summed E-state index contributed by atoms with van der Waals surface area (Å²) in [4.78, 5) is 27.6. The van der Waals surface area contributed by atoms with Gasteiger partial charge in [-0.15, -0.1) is 0 Å². The number of hydrogen-bond acceptors (Lipinski definition) is 3. The van der Waals surface area contributed by atoms with Crippen molar-refractivity contribution in [3.63, 3.8) is 0 Å². The van der Waals surface area contributed by atoms with Gasteiger partial charge in [0.15, 0.2) is 0 Å². The normalized spacial score (nSPS) is 10.8. The van der Waals surface area contributed by atoms with E-state index in [1.165, 1.54) is 0 Å². The van der Waals surface area contributed by atoms with Gasteiger partial charge in [0.1, 0.15) is 0 Å². The molecule has 0 fully saturated rings. The summed E-state index contributed by atoms with van der Waals surface area (Å²) in [5.41, 5.74) is 2.82. The maximum absolute atomic E-state index is 11.9. The minimum Gasteiger partial charge on any atom is -0.377 e. The summed E-state index contributed by atoms with van der Waals surface area (Å²) >= 11 is 0. The molecule has 0 unspecified atom stereocenters. The first-order valence-corrected chi connectivity index (χ1v) is 8.01. The first kappa shape index (κ1) is 19.0. The molecule has 0 radical (unpaired) electrons. The lowest BCUT2D eigenvalue weighted by Gasteiger charge is -2.28. The molecule has 2 amide bonds. The highest BCUT2D eigenvalue weighted by Gasteiger charge is 2.17. The molecule has 5 nitrogen and oxygen atoms in total. The molecule has 128 valence electrons. The van der Waals surface area contributed by atoms with Crippen LogP contribution in [0.25, 0.3) is 0 Å². The zero-order chi connectivity index (χ0) is 17.7. The molecule has 0 aliphatic rings. The van der Waals surface area contributed by atoms with E-state index in [4.69, 9.17) is 0 Å². The molecule has 0 aliphatic carbocycles. The fourth-order valence-electron chi connectivity index (χ4n) is 2.35. The standard InChI is InChI=1S/C18H29N3O2/c1-12(2)18(23)19-16-8-9-17(20(6)7)15(10-16)11-21(13(3)4)14(5)22/h8-10,12-13H,11H2,1-7H3,(H,19,23). The first-order chi connectivity index (χ1) is 10.6. The lowest BCUT2D eigenvalue weighted by molar-refractivity contribution is -0.131. The van der Waals surface area contributed by atoms with Gasteiger partial charge in [-0.05, 0) is 37.6 Å². The fourth-order valence-corrected chi connectivity index (χ4v) is 2.35. The third kappa shape index (κ3) is 5.27. The molecule has 1 rings (SSSR count). The second-order valence-corrected chi connectivity index (χ2v) is 6.62. The first-order valence-electron chi connectivity index (χ1n) is 8.01. The van der Waals surface area contributed by atoms with Crippen molar-refractivity contribution in [1.82, 2.24) is 4.90 Å². The zero-order valence-electron chi connectivity index (χ0n) is 15.3. The lowest BCUT2D eigenvalue weighted by atomic mass is 10.1. The van der Waals surface area contributed by atoms with Gasteiger partial charge >= 0.3 is 0 Å². The Bertz CT molecular complexity index is 565. The molecule has 0 spiro atoms. The van der Waals surface area contributed by atoms with Crippen LogP contribution in [0.2, 0.25) is 0 Å². The number of carbonyl (C=O) groups is 2. The quantitative estimate of drug-likeness (QED) is 0.876. The largest absolute Gasteiger partial charge is 0.377 e. The number of rotatable bonds is 6. The van der Waals surface area contributed by atoms with Gasteiger partial charge in [-0.2, -0.15) is 0 Å². The van der Waals surface area contributed by atoms with Crippen LogP contribution in [0.1, 0.15) is 40.2 Å². The molecule has 0 aliphatic heterocycles. The summed E-state index contributed by atoms with van der Waals surface area (Å²) in [6, 6.07) is 5.95. The predicted molar refractivity (Wildman–Crippen MR) is 95.6 cm³/mol. The molecular weight excluding hydrogens is 290 g/mol. The van der Waals surface area contributed by atoms with Crippen molar-refractivity contribution in [2.24, 2.45) is 5.92 Å². The topological polar surface area (TPSA) is 52.7 Å². The van der Waals surface area contributed by atoms with Crippen molar-refractivity contribution < 1.29 is 9.59 Å². The Kier molecular flexibility index (Phi) is 6.61. The maximum Gasteiger partial charge on any atom is 0.226 e. The number of benzene rings is 1. The number of hydrogen-bond donors (Lipinski definition) is 1. The molecule has 23 heavy (non-hydrogen) atoms. The monoisotopic (exact) mass is 319 g/mol. The van der Waals surface area contributed by atoms with Crippen LogP contribution >= 0.6 is 0 Å². The second-order valence-electron chi connectivity index (χ2n) is 6.62. The Balaban J connectivity index is 3.15. The average molecular weight is 319 g/mol. The van der Waals surface area contributed by atoms with Crippen LogP contribution in [0.5, 0.6) is 0 Å². The van der Waals surface area contributed by atoms with Gasteiger partial charge in [0.05, 0.1) is 0 Å². The summed E-state index contributed by atoms with van der Waals surface area (Å²) in [5.74, 6) is -0.0430. The Labute approximate surface area is 139 Å². The molecule has 0 saturated heterocycles. The van der Waals surface area contributed by atoms with Crippen molar-refractivity contribution in [3.05, 3.63) is 23.8 Å². The predicted octanol–water partition coefficient (Wildman–Crippen LogP) is 3.10. The maximum atomic E-state index is 11.9. The summed E-state index contributed by atoms with van der Waals surface area (Å²) in [6.45, 7) is 9.83. The number of nitrogens with zero attached hydrogens (tertiary/aromatic N) is 2. The van der Waals surface area contributed by atoms with E-state index < -0.39 is 0 Å². The third-order valence-electron chi connectivity index (χ3n) is 3.72. The highest BCUT2D eigenvalue weighted by Crippen LogP contribution is 2.25. The van der Waals surface area contributed by atoms with Gasteiger partial charge in [-0.3, -0.25) is 9.59 Å². The van der Waals surface area contributed by atoms with Gasteiger partial charge in [0, 0.05) is 50.9 Å². The number of nitrogens with one attached hydrogen (secondary N) is 1. The lowest BCUT2D eigenvalue weighted by Crippen LogP contribution is -2.35. The van der Waals surface area contributed by atoms with Crippen molar-refractivity contribution >= 4 is 23.2 Å². The number of amides is 2. The fraction of sp³-hybridized carbons (Fsp3) is 0.556.